The molecule has 2 N–H and O–H groups in total. The van der Waals surface area contributed by atoms with Crippen molar-refractivity contribution in [3.05, 3.63) is 0 Å². The lowest BCUT2D eigenvalue weighted by atomic mass is 9.90. The lowest BCUT2D eigenvalue weighted by Gasteiger charge is -2.40. The van der Waals surface area contributed by atoms with Crippen LogP contribution in [0.15, 0.2) is 0 Å². The van der Waals surface area contributed by atoms with Crippen LogP contribution in [0.2, 0.25) is 0 Å². The largest absolute Gasteiger partial charge is 0.481 e. The van der Waals surface area contributed by atoms with Crippen molar-refractivity contribution in [3.8, 4) is 0 Å². The molecule has 94 valence electrons. The van der Waals surface area contributed by atoms with E-state index in [1.54, 1.807) is 0 Å². The Labute approximate surface area is 97.3 Å². The van der Waals surface area contributed by atoms with E-state index in [0.29, 0.717) is 6.54 Å². The van der Waals surface area contributed by atoms with Crippen LogP contribution in [-0.4, -0.2) is 45.8 Å². The van der Waals surface area contributed by atoms with E-state index in [9.17, 15) is 9.90 Å². The summed E-state index contributed by atoms with van der Waals surface area (Å²) in [6, 6.07) is 0.435. The lowest BCUT2D eigenvalue weighted by molar-refractivity contribution is -0.137. The van der Waals surface area contributed by atoms with Gasteiger partial charge in [0, 0.05) is 18.6 Å². The van der Waals surface area contributed by atoms with E-state index in [0.717, 1.165) is 25.7 Å². The molecule has 2 unspecified atom stereocenters. The third-order valence-corrected chi connectivity index (χ3v) is 3.37. The molecule has 2 atom stereocenters. The van der Waals surface area contributed by atoms with Crippen molar-refractivity contribution >= 4 is 5.97 Å². The molecule has 0 heterocycles. The maximum atomic E-state index is 10.6. The Bertz CT molecular complexity index is 230. The summed E-state index contributed by atoms with van der Waals surface area (Å²) < 4.78 is 0. The molecule has 1 saturated carbocycles. The maximum Gasteiger partial charge on any atom is 0.304 e. The molecule has 1 aliphatic rings. The van der Waals surface area contributed by atoms with Crippen LogP contribution in [0.1, 0.15) is 46.0 Å². The number of aliphatic hydroxyl groups is 1. The van der Waals surface area contributed by atoms with Crippen molar-refractivity contribution in [2.45, 2.75) is 64.1 Å². The summed E-state index contributed by atoms with van der Waals surface area (Å²) in [7, 11) is 0. The molecule has 0 aromatic rings. The molecule has 0 radical (unpaired) electrons. The third-order valence-electron chi connectivity index (χ3n) is 3.37. The highest BCUT2D eigenvalue weighted by atomic mass is 16.4. The SMILES string of the molecule is CC(C)N(CCC(=O)O)C1CCCCC1O. The van der Waals surface area contributed by atoms with Crippen molar-refractivity contribution in [3.63, 3.8) is 0 Å². The maximum absolute atomic E-state index is 10.6. The zero-order chi connectivity index (χ0) is 12.1. The van der Waals surface area contributed by atoms with Crippen molar-refractivity contribution in [2.24, 2.45) is 0 Å². The van der Waals surface area contributed by atoms with Gasteiger partial charge in [-0.05, 0) is 26.7 Å². The minimum absolute atomic E-state index is 0.146. The van der Waals surface area contributed by atoms with Crippen LogP contribution in [0.25, 0.3) is 0 Å². The molecule has 0 aromatic carbocycles. The molecule has 0 aliphatic heterocycles. The number of nitrogens with zero attached hydrogens (tertiary/aromatic N) is 1. The van der Waals surface area contributed by atoms with Gasteiger partial charge in [-0.2, -0.15) is 0 Å². The Morgan fingerprint density at radius 2 is 2.00 bits per heavy atom. The second-order valence-corrected chi connectivity index (χ2v) is 4.89. The second kappa shape index (κ2) is 6.21. The predicted molar refractivity (Wildman–Crippen MR) is 62.4 cm³/mol. The molecule has 1 aliphatic carbocycles. The molecule has 1 rings (SSSR count). The van der Waals surface area contributed by atoms with Crippen molar-refractivity contribution in [2.75, 3.05) is 6.54 Å². The van der Waals surface area contributed by atoms with Crippen molar-refractivity contribution < 1.29 is 15.0 Å². The molecule has 0 aromatic heterocycles. The van der Waals surface area contributed by atoms with Gasteiger partial charge in [0.2, 0.25) is 0 Å². The highest BCUT2D eigenvalue weighted by Gasteiger charge is 2.30. The highest BCUT2D eigenvalue weighted by molar-refractivity contribution is 5.66. The first-order valence-corrected chi connectivity index (χ1v) is 6.18. The average molecular weight is 229 g/mol. The summed E-state index contributed by atoms with van der Waals surface area (Å²) in [5.74, 6) is -0.768. The van der Waals surface area contributed by atoms with Gasteiger partial charge in [-0.1, -0.05) is 12.8 Å². The zero-order valence-corrected chi connectivity index (χ0v) is 10.2. The first-order valence-electron chi connectivity index (χ1n) is 6.18. The van der Waals surface area contributed by atoms with E-state index in [4.69, 9.17) is 5.11 Å². The summed E-state index contributed by atoms with van der Waals surface area (Å²) in [5, 5.41) is 18.7. The van der Waals surface area contributed by atoms with Crippen LogP contribution in [0.3, 0.4) is 0 Å². The molecule has 0 spiro atoms. The van der Waals surface area contributed by atoms with Gasteiger partial charge in [-0.3, -0.25) is 9.69 Å². The third kappa shape index (κ3) is 3.76. The molecule has 1 fully saturated rings. The molecule has 0 saturated heterocycles. The molecular formula is C12H23NO3. The van der Waals surface area contributed by atoms with E-state index in [-0.39, 0.29) is 24.6 Å². The molecule has 0 bridgehead atoms. The Balaban J connectivity index is 2.56. The molecular weight excluding hydrogens is 206 g/mol. The van der Waals surface area contributed by atoms with Gasteiger partial charge in [0.15, 0.2) is 0 Å². The van der Waals surface area contributed by atoms with Gasteiger partial charge in [-0.15, -0.1) is 0 Å². The minimum atomic E-state index is -0.768. The summed E-state index contributed by atoms with van der Waals surface area (Å²) in [5.41, 5.74) is 0. The summed E-state index contributed by atoms with van der Waals surface area (Å²) in [4.78, 5) is 12.7. The van der Waals surface area contributed by atoms with E-state index >= 15 is 0 Å². The van der Waals surface area contributed by atoms with E-state index in [1.165, 1.54) is 0 Å². The first-order chi connectivity index (χ1) is 7.52. The number of carboxylic acid groups (broad SMARTS) is 1. The minimum Gasteiger partial charge on any atom is -0.481 e. The number of aliphatic carboxylic acids is 1. The van der Waals surface area contributed by atoms with Crippen LogP contribution in [0.4, 0.5) is 0 Å². The van der Waals surface area contributed by atoms with E-state index in [2.05, 4.69) is 18.7 Å². The first kappa shape index (κ1) is 13.5. The number of aliphatic hydroxyl groups excluding tert-OH is 1. The van der Waals surface area contributed by atoms with Gasteiger partial charge in [0.05, 0.1) is 12.5 Å². The Morgan fingerprint density at radius 1 is 1.38 bits per heavy atom. The van der Waals surface area contributed by atoms with Crippen LogP contribution >= 0.6 is 0 Å². The number of hydrogen-bond acceptors (Lipinski definition) is 3. The number of rotatable bonds is 5. The highest BCUT2D eigenvalue weighted by Crippen LogP contribution is 2.24. The summed E-state index contributed by atoms with van der Waals surface area (Å²) >= 11 is 0. The monoisotopic (exact) mass is 229 g/mol. The van der Waals surface area contributed by atoms with Crippen LogP contribution in [0.5, 0.6) is 0 Å². The summed E-state index contributed by atoms with van der Waals surface area (Å²) in [6.07, 6.45) is 3.92. The number of hydrogen-bond donors (Lipinski definition) is 2. The summed E-state index contributed by atoms with van der Waals surface area (Å²) in [6.45, 7) is 4.65. The van der Waals surface area contributed by atoms with Crippen molar-refractivity contribution in [1.29, 1.82) is 0 Å². The topological polar surface area (TPSA) is 60.8 Å². The normalized spacial score (nSPS) is 26.3. The fourth-order valence-electron chi connectivity index (χ4n) is 2.51. The van der Waals surface area contributed by atoms with Gasteiger partial charge in [-0.25, -0.2) is 0 Å². The van der Waals surface area contributed by atoms with Gasteiger partial charge in [0.25, 0.3) is 0 Å². The van der Waals surface area contributed by atoms with Crippen molar-refractivity contribution in [1.82, 2.24) is 4.90 Å². The predicted octanol–water partition coefficient (Wildman–Crippen LogP) is 1.47. The second-order valence-electron chi connectivity index (χ2n) is 4.89. The van der Waals surface area contributed by atoms with Crippen LogP contribution in [0, 0.1) is 0 Å². The quantitative estimate of drug-likeness (QED) is 0.749. The smallest absolute Gasteiger partial charge is 0.304 e. The van der Waals surface area contributed by atoms with Crippen LogP contribution < -0.4 is 0 Å². The van der Waals surface area contributed by atoms with E-state index in [1.807, 2.05) is 0 Å². The Kier molecular flexibility index (Phi) is 5.22. The zero-order valence-electron chi connectivity index (χ0n) is 10.2. The Hall–Kier alpha value is -0.610. The van der Waals surface area contributed by atoms with Gasteiger partial charge >= 0.3 is 5.97 Å². The lowest BCUT2D eigenvalue weighted by Crippen LogP contribution is -2.49. The van der Waals surface area contributed by atoms with Crippen LogP contribution in [-0.2, 0) is 4.79 Å². The molecule has 16 heavy (non-hydrogen) atoms. The standard InChI is InChI=1S/C12H23NO3/c1-9(2)13(8-7-12(15)16)10-5-3-4-6-11(10)14/h9-11,14H,3-8H2,1-2H3,(H,15,16). The number of carboxylic acids is 1. The fourth-order valence-corrected chi connectivity index (χ4v) is 2.51. The van der Waals surface area contributed by atoms with E-state index < -0.39 is 5.97 Å². The molecule has 0 amide bonds. The van der Waals surface area contributed by atoms with Gasteiger partial charge < -0.3 is 10.2 Å². The Morgan fingerprint density at radius 3 is 2.50 bits per heavy atom. The van der Waals surface area contributed by atoms with Gasteiger partial charge in [0.1, 0.15) is 0 Å². The fraction of sp³-hybridized carbons (Fsp3) is 0.917. The molecule has 4 nitrogen and oxygen atoms in total. The number of carbonyl (C=O) groups is 1. The molecule has 4 heteroatoms. The average Bonchev–Trinajstić information content (AvgIpc) is 2.20.